The number of hydrogen-bond acceptors (Lipinski definition) is 3. The van der Waals surface area contributed by atoms with Gasteiger partial charge in [-0.1, -0.05) is 13.3 Å². The number of alkyl halides is 1. The summed E-state index contributed by atoms with van der Waals surface area (Å²) in [6.07, 6.45) is 5.11. The Morgan fingerprint density at radius 2 is 2.25 bits per heavy atom. The fourth-order valence-corrected chi connectivity index (χ4v) is 3.12. The first-order chi connectivity index (χ1) is 9.60. The minimum atomic E-state index is -0.0449. The Morgan fingerprint density at radius 3 is 2.95 bits per heavy atom. The van der Waals surface area contributed by atoms with Gasteiger partial charge in [0.25, 0.3) is 5.91 Å². The lowest BCUT2D eigenvalue weighted by Crippen LogP contribution is -2.32. The van der Waals surface area contributed by atoms with Crippen molar-refractivity contribution in [1.82, 2.24) is 15.5 Å². The van der Waals surface area contributed by atoms with Gasteiger partial charge in [0, 0.05) is 11.9 Å². The van der Waals surface area contributed by atoms with Crippen molar-refractivity contribution in [2.45, 2.75) is 51.3 Å². The summed E-state index contributed by atoms with van der Waals surface area (Å²) in [7, 11) is 0. The Bertz CT molecular complexity index is 478. The van der Waals surface area contributed by atoms with Crippen LogP contribution in [0.25, 0.3) is 0 Å². The Kier molecular flexibility index (Phi) is 5.35. The number of aryl methyl sites for hydroxylation is 2. The zero-order valence-corrected chi connectivity index (χ0v) is 12.9. The van der Waals surface area contributed by atoms with Crippen molar-refractivity contribution >= 4 is 17.5 Å². The molecule has 5 heteroatoms. The lowest BCUT2D eigenvalue weighted by atomic mass is 9.89. The van der Waals surface area contributed by atoms with Crippen molar-refractivity contribution in [2.75, 3.05) is 6.54 Å². The molecule has 1 amide bonds. The molecule has 2 unspecified atom stereocenters. The van der Waals surface area contributed by atoms with Gasteiger partial charge in [0.15, 0.2) is 0 Å². The average molecular weight is 296 g/mol. The standard InChI is InChI=1S/C15H22ClN3O/c1-3-14-13(7-10(2)18-19-14)15(20)17-9-11-5-4-6-12(16)8-11/h7,11-12H,3-6,8-9H2,1-2H3,(H,17,20). The van der Waals surface area contributed by atoms with E-state index in [0.29, 0.717) is 24.4 Å². The number of carbonyl (C=O) groups excluding carboxylic acids is 1. The molecule has 0 radical (unpaired) electrons. The normalized spacial score (nSPS) is 22.6. The minimum absolute atomic E-state index is 0.0449. The van der Waals surface area contributed by atoms with Crippen LogP contribution in [0.2, 0.25) is 0 Å². The van der Waals surface area contributed by atoms with Gasteiger partial charge in [0.1, 0.15) is 0 Å². The molecular formula is C15H22ClN3O. The number of rotatable bonds is 4. The highest BCUT2D eigenvalue weighted by atomic mass is 35.5. The maximum Gasteiger partial charge on any atom is 0.253 e. The van der Waals surface area contributed by atoms with Crippen molar-refractivity contribution in [2.24, 2.45) is 5.92 Å². The summed E-state index contributed by atoms with van der Waals surface area (Å²) in [6.45, 7) is 4.53. The smallest absolute Gasteiger partial charge is 0.253 e. The molecule has 4 nitrogen and oxygen atoms in total. The summed E-state index contributed by atoms with van der Waals surface area (Å²) in [6, 6.07) is 1.81. The quantitative estimate of drug-likeness (QED) is 0.869. The largest absolute Gasteiger partial charge is 0.352 e. The van der Waals surface area contributed by atoms with Gasteiger partial charge in [0.2, 0.25) is 0 Å². The van der Waals surface area contributed by atoms with Crippen molar-refractivity contribution in [3.8, 4) is 0 Å². The molecule has 1 aromatic rings. The van der Waals surface area contributed by atoms with Crippen LogP contribution in [-0.2, 0) is 6.42 Å². The fourth-order valence-electron chi connectivity index (χ4n) is 2.71. The Labute approximate surface area is 125 Å². The number of halogens is 1. The van der Waals surface area contributed by atoms with Crippen LogP contribution in [0.15, 0.2) is 6.07 Å². The Hall–Kier alpha value is -1.16. The summed E-state index contributed by atoms with van der Waals surface area (Å²) in [5.41, 5.74) is 2.18. The van der Waals surface area contributed by atoms with E-state index in [1.165, 1.54) is 0 Å². The molecule has 0 spiro atoms. The van der Waals surface area contributed by atoms with E-state index in [0.717, 1.165) is 37.1 Å². The third-order valence-corrected chi connectivity index (χ3v) is 4.24. The van der Waals surface area contributed by atoms with E-state index in [2.05, 4.69) is 15.5 Å². The topological polar surface area (TPSA) is 54.9 Å². The highest BCUT2D eigenvalue weighted by Gasteiger charge is 2.21. The van der Waals surface area contributed by atoms with Crippen molar-refractivity contribution in [3.05, 3.63) is 23.0 Å². The zero-order chi connectivity index (χ0) is 14.5. The molecule has 2 atom stereocenters. The van der Waals surface area contributed by atoms with Gasteiger partial charge in [-0.25, -0.2) is 0 Å². The van der Waals surface area contributed by atoms with Crippen LogP contribution in [0.3, 0.4) is 0 Å². The van der Waals surface area contributed by atoms with Crippen molar-refractivity contribution in [3.63, 3.8) is 0 Å². The molecule has 1 aliphatic carbocycles. The second-order valence-electron chi connectivity index (χ2n) is 5.54. The summed E-state index contributed by atoms with van der Waals surface area (Å²) in [4.78, 5) is 12.3. The van der Waals surface area contributed by atoms with E-state index < -0.39 is 0 Å². The van der Waals surface area contributed by atoms with Crippen LogP contribution < -0.4 is 5.32 Å². The van der Waals surface area contributed by atoms with Crippen LogP contribution in [0.4, 0.5) is 0 Å². The third-order valence-electron chi connectivity index (χ3n) is 3.84. The van der Waals surface area contributed by atoms with Crippen LogP contribution in [-0.4, -0.2) is 28.0 Å². The Morgan fingerprint density at radius 1 is 1.45 bits per heavy atom. The highest BCUT2D eigenvalue weighted by Crippen LogP contribution is 2.27. The molecule has 1 fully saturated rings. The summed E-state index contributed by atoms with van der Waals surface area (Å²) in [5.74, 6) is 0.452. The lowest BCUT2D eigenvalue weighted by molar-refractivity contribution is 0.0942. The first-order valence-electron chi connectivity index (χ1n) is 7.35. The zero-order valence-electron chi connectivity index (χ0n) is 12.2. The molecule has 0 bridgehead atoms. The molecular weight excluding hydrogens is 274 g/mol. The molecule has 1 aromatic heterocycles. The second kappa shape index (κ2) is 7.02. The fraction of sp³-hybridized carbons (Fsp3) is 0.667. The predicted molar refractivity (Wildman–Crippen MR) is 80.1 cm³/mol. The van der Waals surface area contributed by atoms with Crippen molar-refractivity contribution < 1.29 is 4.79 Å². The molecule has 0 saturated heterocycles. The highest BCUT2D eigenvalue weighted by molar-refractivity contribution is 6.20. The number of nitrogens with one attached hydrogen (secondary N) is 1. The van der Waals surface area contributed by atoms with Gasteiger partial charge in [0.05, 0.1) is 17.0 Å². The predicted octanol–water partition coefficient (Wildman–Crippen LogP) is 2.87. The van der Waals surface area contributed by atoms with Gasteiger partial charge in [-0.2, -0.15) is 10.2 Å². The second-order valence-corrected chi connectivity index (χ2v) is 6.16. The molecule has 110 valence electrons. The summed E-state index contributed by atoms with van der Waals surface area (Å²) in [5, 5.41) is 11.4. The van der Waals surface area contributed by atoms with E-state index in [1.54, 1.807) is 0 Å². The van der Waals surface area contributed by atoms with Crippen LogP contribution in [0.5, 0.6) is 0 Å². The molecule has 0 aliphatic heterocycles. The monoisotopic (exact) mass is 295 g/mol. The molecule has 1 saturated carbocycles. The number of nitrogens with zero attached hydrogens (tertiary/aromatic N) is 2. The van der Waals surface area contributed by atoms with E-state index >= 15 is 0 Å². The molecule has 20 heavy (non-hydrogen) atoms. The van der Waals surface area contributed by atoms with Crippen LogP contribution in [0, 0.1) is 12.8 Å². The average Bonchev–Trinajstić information content (AvgIpc) is 2.45. The maximum absolute atomic E-state index is 12.3. The maximum atomic E-state index is 12.3. The lowest BCUT2D eigenvalue weighted by Gasteiger charge is -2.25. The first kappa shape index (κ1) is 15.2. The first-order valence-corrected chi connectivity index (χ1v) is 7.79. The molecule has 1 heterocycles. The molecule has 1 N–H and O–H groups in total. The number of amides is 1. The van der Waals surface area contributed by atoms with E-state index in [-0.39, 0.29) is 11.3 Å². The molecule has 2 rings (SSSR count). The van der Waals surface area contributed by atoms with E-state index in [4.69, 9.17) is 11.6 Å². The third kappa shape index (κ3) is 3.92. The van der Waals surface area contributed by atoms with E-state index in [9.17, 15) is 4.79 Å². The van der Waals surface area contributed by atoms with Crippen LogP contribution in [0.1, 0.15) is 54.4 Å². The molecule has 1 aliphatic rings. The Balaban J connectivity index is 1.96. The van der Waals surface area contributed by atoms with Gasteiger partial charge < -0.3 is 5.32 Å². The van der Waals surface area contributed by atoms with E-state index in [1.807, 2.05) is 19.9 Å². The van der Waals surface area contributed by atoms with Gasteiger partial charge in [-0.05, 0) is 44.6 Å². The molecule has 0 aromatic carbocycles. The summed E-state index contributed by atoms with van der Waals surface area (Å²) < 4.78 is 0. The van der Waals surface area contributed by atoms with Gasteiger partial charge >= 0.3 is 0 Å². The van der Waals surface area contributed by atoms with Gasteiger partial charge in [-0.15, -0.1) is 11.6 Å². The van der Waals surface area contributed by atoms with Crippen LogP contribution >= 0.6 is 11.6 Å². The number of aromatic nitrogens is 2. The van der Waals surface area contributed by atoms with Gasteiger partial charge in [-0.3, -0.25) is 4.79 Å². The number of hydrogen-bond donors (Lipinski definition) is 1. The minimum Gasteiger partial charge on any atom is -0.352 e. The number of carbonyl (C=O) groups is 1. The summed E-state index contributed by atoms with van der Waals surface area (Å²) >= 11 is 6.18. The SMILES string of the molecule is CCc1nnc(C)cc1C(=O)NCC1CCCC(Cl)C1. The van der Waals surface area contributed by atoms with Crippen molar-refractivity contribution in [1.29, 1.82) is 0 Å².